The number of carbonyl (C=O) groups is 1. The molecular weight excluding hydrogens is 434 g/mol. The van der Waals surface area contributed by atoms with Gasteiger partial charge in [0, 0.05) is 31.2 Å². The van der Waals surface area contributed by atoms with Crippen LogP contribution >= 0.6 is 11.6 Å². The summed E-state index contributed by atoms with van der Waals surface area (Å²) in [5, 5.41) is 13.5. The fourth-order valence-corrected chi connectivity index (χ4v) is 5.47. The van der Waals surface area contributed by atoms with Gasteiger partial charge in [-0.05, 0) is 43.5 Å². The number of aliphatic hydroxyl groups excluding tert-OH is 1. The Morgan fingerprint density at radius 2 is 1.93 bits per heavy atom. The van der Waals surface area contributed by atoms with E-state index in [1.54, 1.807) is 0 Å². The lowest BCUT2D eigenvalue weighted by Gasteiger charge is -2.37. The third-order valence-corrected chi connectivity index (χ3v) is 7.47. The number of sulfonamides is 1. The molecule has 0 aromatic heterocycles. The number of hydrogen-bond donors (Lipinski definition) is 2. The number of halogens is 1. The van der Waals surface area contributed by atoms with E-state index in [0.29, 0.717) is 50.6 Å². The molecule has 11 heteroatoms. The quantitative estimate of drug-likeness (QED) is 0.629. The van der Waals surface area contributed by atoms with Gasteiger partial charge in [0.25, 0.3) is 0 Å². The Balaban J connectivity index is 1.55. The largest absolute Gasteiger partial charge is 0.448 e. The second-order valence-electron chi connectivity index (χ2n) is 7.33. The van der Waals surface area contributed by atoms with Crippen LogP contribution in [0.25, 0.3) is 0 Å². The van der Waals surface area contributed by atoms with Gasteiger partial charge < -0.3 is 19.9 Å². The van der Waals surface area contributed by atoms with Crippen molar-refractivity contribution in [2.45, 2.75) is 36.4 Å². The van der Waals surface area contributed by atoms with Gasteiger partial charge in [-0.15, -0.1) is 0 Å². The number of nitrogens with one attached hydrogen (secondary N) is 1. The minimum Gasteiger partial charge on any atom is -0.448 e. The molecule has 1 aromatic rings. The van der Waals surface area contributed by atoms with Crippen molar-refractivity contribution in [3.05, 3.63) is 29.3 Å². The van der Waals surface area contributed by atoms with Crippen molar-refractivity contribution in [1.29, 1.82) is 0 Å². The summed E-state index contributed by atoms with van der Waals surface area (Å²) >= 11 is 5.85. The molecule has 9 nitrogen and oxygen atoms in total. The van der Waals surface area contributed by atoms with Crippen LogP contribution in [0.5, 0.6) is 0 Å². The summed E-state index contributed by atoms with van der Waals surface area (Å²) in [6, 6.07) is 5.13. The lowest BCUT2D eigenvalue weighted by Crippen LogP contribution is -2.52. The Morgan fingerprint density at radius 3 is 2.63 bits per heavy atom. The number of carbonyl (C=O) groups excluding carboxylic acids is 1. The van der Waals surface area contributed by atoms with E-state index in [2.05, 4.69) is 10.2 Å². The van der Waals surface area contributed by atoms with E-state index in [1.807, 2.05) is 0 Å². The average Bonchev–Trinajstić information content (AvgIpc) is 2.73. The van der Waals surface area contributed by atoms with Crippen molar-refractivity contribution >= 4 is 27.7 Å². The van der Waals surface area contributed by atoms with E-state index in [9.17, 15) is 18.3 Å². The van der Waals surface area contributed by atoms with Gasteiger partial charge in [0.1, 0.15) is 12.8 Å². The number of amides is 1. The normalized spacial score (nSPS) is 23.8. The summed E-state index contributed by atoms with van der Waals surface area (Å²) in [5.74, 6) is 0. The number of benzene rings is 1. The van der Waals surface area contributed by atoms with Crippen molar-refractivity contribution in [3.8, 4) is 0 Å². The molecule has 30 heavy (non-hydrogen) atoms. The van der Waals surface area contributed by atoms with Crippen LogP contribution in [0.15, 0.2) is 29.2 Å². The molecule has 0 spiro atoms. The number of ether oxygens (including phenoxy) is 2. The van der Waals surface area contributed by atoms with Gasteiger partial charge in [-0.2, -0.15) is 4.31 Å². The fraction of sp³-hybridized carbons (Fsp3) is 0.632. The van der Waals surface area contributed by atoms with Gasteiger partial charge in [0.2, 0.25) is 10.0 Å². The first-order chi connectivity index (χ1) is 14.4. The van der Waals surface area contributed by atoms with Crippen LogP contribution in [0.2, 0.25) is 5.02 Å². The molecule has 0 unspecified atom stereocenters. The molecule has 2 fully saturated rings. The van der Waals surface area contributed by atoms with Crippen LogP contribution in [0.4, 0.5) is 4.79 Å². The minimum atomic E-state index is -3.96. The zero-order valence-corrected chi connectivity index (χ0v) is 18.3. The Hall–Kier alpha value is -1.43. The van der Waals surface area contributed by atoms with E-state index in [0.717, 1.165) is 17.4 Å². The van der Waals surface area contributed by atoms with Crippen LogP contribution in [-0.4, -0.2) is 87.1 Å². The second-order valence-corrected chi connectivity index (χ2v) is 9.61. The van der Waals surface area contributed by atoms with E-state index in [1.165, 1.54) is 24.3 Å². The SMILES string of the molecule is O=C(NCCN1CCOCC1)OC[C@H]1CCC[C@@H](O)N1S(=O)(=O)c1ccc(Cl)cc1. The first-order valence-corrected chi connectivity index (χ1v) is 11.9. The third-order valence-electron chi connectivity index (χ3n) is 5.25. The van der Waals surface area contributed by atoms with Crippen molar-refractivity contribution in [2.75, 3.05) is 46.0 Å². The van der Waals surface area contributed by atoms with Crippen LogP contribution in [-0.2, 0) is 19.5 Å². The van der Waals surface area contributed by atoms with Gasteiger partial charge in [0.05, 0.1) is 24.2 Å². The molecule has 0 bridgehead atoms. The molecule has 0 aliphatic carbocycles. The fourth-order valence-electron chi connectivity index (χ4n) is 3.64. The zero-order chi connectivity index (χ0) is 21.6. The molecule has 2 aliphatic rings. The molecule has 2 aliphatic heterocycles. The highest BCUT2D eigenvalue weighted by molar-refractivity contribution is 7.89. The summed E-state index contributed by atoms with van der Waals surface area (Å²) in [6.45, 7) is 4.02. The van der Waals surface area contributed by atoms with Gasteiger partial charge in [0.15, 0.2) is 0 Å². The molecular formula is C19H28ClN3O6S. The first-order valence-electron chi connectivity index (χ1n) is 10.1. The van der Waals surface area contributed by atoms with Gasteiger partial charge >= 0.3 is 6.09 Å². The Morgan fingerprint density at radius 1 is 1.23 bits per heavy atom. The molecule has 1 amide bonds. The van der Waals surface area contributed by atoms with Crippen molar-refractivity contribution in [2.24, 2.45) is 0 Å². The molecule has 0 radical (unpaired) electrons. The van der Waals surface area contributed by atoms with Gasteiger partial charge in [-0.25, -0.2) is 13.2 Å². The van der Waals surface area contributed by atoms with Crippen molar-refractivity contribution in [3.63, 3.8) is 0 Å². The van der Waals surface area contributed by atoms with E-state index in [-0.39, 0.29) is 11.5 Å². The Kier molecular flexibility index (Phi) is 8.32. The molecule has 1 aromatic carbocycles. The predicted molar refractivity (Wildman–Crippen MR) is 111 cm³/mol. The summed E-state index contributed by atoms with van der Waals surface area (Å²) < 4.78 is 37.7. The zero-order valence-electron chi connectivity index (χ0n) is 16.7. The van der Waals surface area contributed by atoms with Gasteiger partial charge in [-0.3, -0.25) is 4.90 Å². The molecule has 3 rings (SSSR count). The molecule has 2 N–H and O–H groups in total. The number of morpholine rings is 1. The molecule has 2 saturated heterocycles. The summed E-state index contributed by atoms with van der Waals surface area (Å²) in [5.41, 5.74) is 0. The number of rotatable bonds is 7. The van der Waals surface area contributed by atoms with E-state index in [4.69, 9.17) is 21.1 Å². The maximum Gasteiger partial charge on any atom is 0.407 e. The molecule has 0 saturated carbocycles. The smallest absolute Gasteiger partial charge is 0.407 e. The summed E-state index contributed by atoms with van der Waals surface area (Å²) in [4.78, 5) is 14.3. The highest BCUT2D eigenvalue weighted by Gasteiger charge is 2.39. The van der Waals surface area contributed by atoms with E-state index < -0.39 is 28.4 Å². The van der Waals surface area contributed by atoms with Crippen LogP contribution in [0, 0.1) is 0 Å². The number of piperidine rings is 1. The number of alkyl carbamates (subject to hydrolysis) is 1. The first kappa shape index (κ1) is 23.2. The average molecular weight is 462 g/mol. The Bertz CT molecular complexity index is 801. The monoisotopic (exact) mass is 461 g/mol. The van der Waals surface area contributed by atoms with E-state index >= 15 is 0 Å². The molecule has 2 heterocycles. The second kappa shape index (κ2) is 10.7. The third kappa shape index (κ3) is 6.05. The molecule has 2 atom stereocenters. The summed E-state index contributed by atoms with van der Waals surface area (Å²) in [6.07, 6.45) is -0.315. The van der Waals surface area contributed by atoms with Crippen LogP contribution < -0.4 is 5.32 Å². The number of nitrogens with zero attached hydrogens (tertiary/aromatic N) is 2. The standard InChI is InChI=1S/C19H28ClN3O6S/c20-15-4-6-17(7-5-15)30(26,27)23-16(2-1-3-18(23)24)14-29-19(25)21-8-9-22-10-12-28-13-11-22/h4-7,16,18,24H,1-3,8-14H2,(H,21,25)/t16-,18-/m1/s1. The topological polar surface area (TPSA) is 108 Å². The van der Waals surface area contributed by atoms with Gasteiger partial charge in [-0.1, -0.05) is 11.6 Å². The lowest BCUT2D eigenvalue weighted by molar-refractivity contribution is -0.0152. The molecule has 168 valence electrons. The highest BCUT2D eigenvalue weighted by atomic mass is 35.5. The minimum absolute atomic E-state index is 0.0350. The van der Waals surface area contributed by atoms with Crippen molar-refractivity contribution < 1.29 is 27.8 Å². The van der Waals surface area contributed by atoms with Crippen LogP contribution in [0.1, 0.15) is 19.3 Å². The maximum absolute atomic E-state index is 13.1. The predicted octanol–water partition coefficient (Wildman–Crippen LogP) is 1.26. The Labute approximate surface area is 181 Å². The number of hydrogen-bond acceptors (Lipinski definition) is 7. The maximum atomic E-state index is 13.1. The number of aliphatic hydroxyl groups is 1. The lowest BCUT2D eigenvalue weighted by atomic mass is 10.0. The van der Waals surface area contributed by atoms with Crippen molar-refractivity contribution in [1.82, 2.24) is 14.5 Å². The van der Waals surface area contributed by atoms with Crippen LogP contribution in [0.3, 0.4) is 0 Å². The summed E-state index contributed by atoms with van der Waals surface area (Å²) in [7, 11) is -3.96. The highest BCUT2D eigenvalue weighted by Crippen LogP contribution is 2.29.